The van der Waals surface area contributed by atoms with Crippen LogP contribution in [-0.2, 0) is 4.79 Å². The van der Waals surface area contributed by atoms with Crippen molar-refractivity contribution in [1.82, 2.24) is 31.3 Å². The van der Waals surface area contributed by atoms with Gasteiger partial charge in [-0.15, -0.1) is 10.2 Å². The van der Waals surface area contributed by atoms with Crippen molar-refractivity contribution in [3.63, 3.8) is 0 Å². The van der Waals surface area contributed by atoms with Crippen LogP contribution in [0.5, 0.6) is 0 Å². The first-order valence-corrected chi connectivity index (χ1v) is 6.01. The summed E-state index contributed by atoms with van der Waals surface area (Å²) in [4.78, 5) is 22.0. The minimum absolute atomic E-state index is 0.100. The van der Waals surface area contributed by atoms with Crippen LogP contribution in [0.1, 0.15) is 45.0 Å². The van der Waals surface area contributed by atoms with Crippen LogP contribution in [0.25, 0.3) is 0 Å². The molecule has 0 aromatic carbocycles. The number of aromatic amines is 1. The number of hydrogen-bond acceptors (Lipinski definition) is 5. The van der Waals surface area contributed by atoms with Gasteiger partial charge >= 0.3 is 12.0 Å². The van der Waals surface area contributed by atoms with Gasteiger partial charge in [-0.2, -0.15) is 5.21 Å². The van der Waals surface area contributed by atoms with Crippen molar-refractivity contribution < 1.29 is 14.7 Å². The molecule has 0 fully saturated rings. The summed E-state index contributed by atoms with van der Waals surface area (Å²) in [5, 5.41) is 27.1. The Labute approximate surface area is 110 Å². The standard InChI is InChI=1S/C10H18N6O3/c1-6(4-3-5-8(17)18)11-10(19)12-7(2)9-13-15-16-14-9/h6-7H,3-5H2,1-2H3,(H,17,18)(H2,11,12,19)(H,13,14,15,16). The van der Waals surface area contributed by atoms with E-state index < -0.39 is 5.97 Å². The number of hydrogen-bond donors (Lipinski definition) is 4. The zero-order valence-corrected chi connectivity index (χ0v) is 10.9. The number of rotatable bonds is 7. The number of aromatic nitrogens is 4. The number of H-pyrrole nitrogens is 1. The molecule has 0 saturated heterocycles. The van der Waals surface area contributed by atoms with Crippen LogP contribution < -0.4 is 10.6 Å². The summed E-state index contributed by atoms with van der Waals surface area (Å²) >= 11 is 0. The van der Waals surface area contributed by atoms with Gasteiger partial charge < -0.3 is 15.7 Å². The predicted octanol–water partition coefficient (Wildman–Crippen LogP) is 0.203. The first kappa shape index (κ1) is 14.9. The molecule has 0 saturated carbocycles. The van der Waals surface area contributed by atoms with Crippen LogP contribution >= 0.6 is 0 Å². The second-order valence-corrected chi connectivity index (χ2v) is 4.30. The topological polar surface area (TPSA) is 133 Å². The molecule has 0 spiro atoms. The van der Waals surface area contributed by atoms with E-state index in [0.717, 1.165) is 0 Å². The van der Waals surface area contributed by atoms with Crippen LogP contribution in [0.2, 0.25) is 0 Å². The van der Waals surface area contributed by atoms with Gasteiger partial charge in [0.1, 0.15) is 0 Å². The quantitative estimate of drug-likeness (QED) is 0.559. The molecular weight excluding hydrogens is 252 g/mol. The van der Waals surface area contributed by atoms with Crippen LogP contribution in [0.3, 0.4) is 0 Å². The fraction of sp³-hybridized carbons (Fsp3) is 0.700. The fourth-order valence-corrected chi connectivity index (χ4v) is 1.51. The summed E-state index contributed by atoms with van der Waals surface area (Å²) < 4.78 is 0. The van der Waals surface area contributed by atoms with Gasteiger partial charge in [0.05, 0.1) is 6.04 Å². The molecule has 106 valence electrons. The molecule has 1 heterocycles. The van der Waals surface area contributed by atoms with Crippen molar-refractivity contribution >= 4 is 12.0 Å². The third-order valence-electron chi connectivity index (χ3n) is 2.50. The maximum absolute atomic E-state index is 11.6. The molecule has 2 amide bonds. The molecule has 0 radical (unpaired) electrons. The highest BCUT2D eigenvalue weighted by atomic mass is 16.4. The predicted molar refractivity (Wildman–Crippen MR) is 65.2 cm³/mol. The Bertz CT molecular complexity index is 407. The maximum Gasteiger partial charge on any atom is 0.315 e. The lowest BCUT2D eigenvalue weighted by molar-refractivity contribution is -0.137. The van der Waals surface area contributed by atoms with Gasteiger partial charge in [0.15, 0.2) is 5.82 Å². The van der Waals surface area contributed by atoms with Crippen molar-refractivity contribution in [2.75, 3.05) is 0 Å². The second kappa shape index (κ2) is 7.29. The van der Waals surface area contributed by atoms with Crippen molar-refractivity contribution in [1.29, 1.82) is 0 Å². The highest BCUT2D eigenvalue weighted by molar-refractivity contribution is 5.74. The zero-order valence-electron chi connectivity index (χ0n) is 10.9. The van der Waals surface area contributed by atoms with Gasteiger partial charge in [0, 0.05) is 12.5 Å². The van der Waals surface area contributed by atoms with Gasteiger partial charge in [-0.3, -0.25) is 4.79 Å². The van der Waals surface area contributed by atoms with Gasteiger partial charge in [0.25, 0.3) is 0 Å². The molecule has 0 aliphatic rings. The lowest BCUT2D eigenvalue weighted by Gasteiger charge is -2.16. The Morgan fingerprint density at radius 2 is 2.11 bits per heavy atom. The lowest BCUT2D eigenvalue weighted by atomic mass is 10.1. The maximum atomic E-state index is 11.6. The Morgan fingerprint density at radius 3 is 2.68 bits per heavy atom. The molecule has 19 heavy (non-hydrogen) atoms. The number of nitrogens with zero attached hydrogens (tertiary/aromatic N) is 3. The van der Waals surface area contributed by atoms with E-state index in [1.165, 1.54) is 0 Å². The van der Waals surface area contributed by atoms with E-state index in [9.17, 15) is 9.59 Å². The van der Waals surface area contributed by atoms with E-state index in [1.807, 2.05) is 6.92 Å². The molecule has 1 aromatic heterocycles. The number of nitrogens with one attached hydrogen (secondary N) is 3. The van der Waals surface area contributed by atoms with Crippen LogP contribution in [0.15, 0.2) is 0 Å². The molecule has 2 unspecified atom stereocenters. The number of aliphatic carboxylic acids is 1. The normalized spacial score (nSPS) is 13.6. The Balaban J connectivity index is 2.24. The van der Waals surface area contributed by atoms with Crippen LogP contribution in [0, 0.1) is 0 Å². The zero-order chi connectivity index (χ0) is 14.3. The summed E-state index contributed by atoms with van der Waals surface area (Å²) in [6.07, 6.45) is 1.24. The molecule has 0 bridgehead atoms. The molecule has 9 heteroatoms. The summed E-state index contributed by atoms with van der Waals surface area (Å²) in [5.41, 5.74) is 0. The number of carbonyl (C=O) groups is 2. The highest BCUT2D eigenvalue weighted by Gasteiger charge is 2.14. The molecular formula is C10H18N6O3. The van der Waals surface area contributed by atoms with Crippen molar-refractivity contribution in [3.8, 4) is 0 Å². The Hall–Kier alpha value is -2.19. The average Bonchev–Trinajstić information content (AvgIpc) is 2.81. The summed E-state index contributed by atoms with van der Waals surface area (Å²) in [5.74, 6) is -0.434. The SMILES string of the molecule is CC(CCCC(=O)O)NC(=O)NC(C)c1nn[nH]n1. The van der Waals surface area contributed by atoms with Crippen molar-refractivity contribution in [2.45, 2.75) is 45.2 Å². The van der Waals surface area contributed by atoms with Crippen molar-refractivity contribution in [3.05, 3.63) is 5.82 Å². The minimum Gasteiger partial charge on any atom is -0.481 e. The summed E-state index contributed by atoms with van der Waals surface area (Å²) in [6.45, 7) is 3.56. The van der Waals surface area contributed by atoms with E-state index >= 15 is 0 Å². The largest absolute Gasteiger partial charge is 0.481 e. The summed E-state index contributed by atoms with van der Waals surface area (Å²) in [7, 11) is 0. The number of carboxylic acids is 1. The van der Waals surface area contributed by atoms with Crippen LogP contribution in [-0.4, -0.2) is 43.8 Å². The summed E-state index contributed by atoms with van der Waals surface area (Å²) in [6, 6.07) is -0.804. The van der Waals surface area contributed by atoms with Gasteiger partial charge in [-0.1, -0.05) is 5.21 Å². The third kappa shape index (κ3) is 5.80. The Kier molecular flexibility index (Phi) is 5.71. The van der Waals surface area contributed by atoms with E-state index in [1.54, 1.807) is 6.92 Å². The van der Waals surface area contributed by atoms with E-state index in [-0.39, 0.29) is 24.5 Å². The number of carbonyl (C=O) groups excluding carboxylic acids is 1. The van der Waals surface area contributed by atoms with Crippen molar-refractivity contribution in [2.24, 2.45) is 0 Å². The van der Waals surface area contributed by atoms with Crippen LogP contribution in [0.4, 0.5) is 4.79 Å². The van der Waals surface area contributed by atoms with E-state index in [0.29, 0.717) is 18.7 Å². The number of tetrazole rings is 1. The molecule has 1 aromatic rings. The molecule has 2 atom stereocenters. The molecule has 0 aliphatic heterocycles. The average molecular weight is 270 g/mol. The number of urea groups is 1. The Morgan fingerprint density at radius 1 is 1.37 bits per heavy atom. The monoisotopic (exact) mass is 270 g/mol. The number of amides is 2. The highest BCUT2D eigenvalue weighted by Crippen LogP contribution is 2.04. The number of carboxylic acid groups (broad SMARTS) is 1. The smallest absolute Gasteiger partial charge is 0.315 e. The first-order chi connectivity index (χ1) is 8.99. The fourth-order valence-electron chi connectivity index (χ4n) is 1.51. The van der Waals surface area contributed by atoms with E-state index in [4.69, 9.17) is 5.11 Å². The molecule has 4 N–H and O–H groups in total. The van der Waals surface area contributed by atoms with Gasteiger partial charge in [-0.05, 0) is 26.7 Å². The van der Waals surface area contributed by atoms with E-state index in [2.05, 4.69) is 31.3 Å². The third-order valence-corrected chi connectivity index (χ3v) is 2.50. The lowest BCUT2D eigenvalue weighted by Crippen LogP contribution is -2.42. The minimum atomic E-state index is -0.831. The molecule has 1 rings (SSSR count). The molecule has 9 nitrogen and oxygen atoms in total. The van der Waals surface area contributed by atoms with Gasteiger partial charge in [0.2, 0.25) is 0 Å². The first-order valence-electron chi connectivity index (χ1n) is 6.01. The second-order valence-electron chi connectivity index (χ2n) is 4.30. The van der Waals surface area contributed by atoms with Gasteiger partial charge in [-0.25, -0.2) is 4.79 Å². The molecule has 0 aliphatic carbocycles.